The highest BCUT2D eigenvalue weighted by atomic mass is 16.5. The molecular weight excluding hydrogens is 344 g/mol. The largest absolute Gasteiger partial charge is 0.508 e. The molecule has 8 heteroatoms. The van der Waals surface area contributed by atoms with Crippen molar-refractivity contribution < 1.29 is 39.5 Å². The molecule has 0 saturated carbocycles. The number of hydrogen-bond donors (Lipinski definition) is 4. The molecule has 0 bridgehead atoms. The summed E-state index contributed by atoms with van der Waals surface area (Å²) in [5.41, 5.74) is -0.217. The topological polar surface area (TPSA) is 134 Å². The monoisotopic (exact) mass is 366 g/mol. The van der Waals surface area contributed by atoms with E-state index in [4.69, 9.17) is 9.47 Å². The third-order valence-corrected chi connectivity index (χ3v) is 3.89. The van der Waals surface area contributed by atoms with Gasteiger partial charge >= 0.3 is 5.97 Å². The molecule has 0 unspecified atom stereocenters. The summed E-state index contributed by atoms with van der Waals surface area (Å²) >= 11 is 0. The zero-order valence-electron chi connectivity index (χ0n) is 14.3. The predicted molar refractivity (Wildman–Crippen MR) is 90.2 cm³/mol. The molecule has 2 rings (SSSR count). The fourth-order valence-electron chi connectivity index (χ4n) is 2.49. The van der Waals surface area contributed by atoms with Gasteiger partial charge in [-0.25, -0.2) is 4.79 Å². The number of aliphatic hydroxyl groups is 2. The maximum atomic E-state index is 12.3. The Morgan fingerprint density at radius 1 is 1.15 bits per heavy atom. The number of fused-ring (bicyclic) bond motifs is 1. The summed E-state index contributed by atoms with van der Waals surface area (Å²) in [5.74, 6) is -2.31. The van der Waals surface area contributed by atoms with Gasteiger partial charge < -0.3 is 29.9 Å². The van der Waals surface area contributed by atoms with Crippen molar-refractivity contribution in [2.45, 2.75) is 44.5 Å². The number of esters is 1. The summed E-state index contributed by atoms with van der Waals surface area (Å²) in [7, 11) is 0. The highest BCUT2D eigenvalue weighted by Gasteiger charge is 2.25. The van der Waals surface area contributed by atoms with E-state index in [1.807, 2.05) is 0 Å². The first-order valence-electron chi connectivity index (χ1n) is 8.26. The highest BCUT2D eigenvalue weighted by molar-refractivity contribution is 5.96. The molecule has 26 heavy (non-hydrogen) atoms. The minimum Gasteiger partial charge on any atom is -0.508 e. The predicted octanol–water partition coefficient (Wildman–Crippen LogP) is 1.05. The van der Waals surface area contributed by atoms with Crippen molar-refractivity contribution in [1.29, 1.82) is 0 Å². The first kappa shape index (κ1) is 19.7. The summed E-state index contributed by atoms with van der Waals surface area (Å²) in [6, 6.07) is 2.18. The summed E-state index contributed by atoms with van der Waals surface area (Å²) in [6.45, 7) is 1.61. The van der Waals surface area contributed by atoms with Crippen LogP contribution in [0.4, 0.5) is 0 Å². The number of carbonyl (C=O) groups is 2. The number of ether oxygens (including phenoxy) is 2. The molecule has 1 aliphatic heterocycles. The van der Waals surface area contributed by atoms with Crippen molar-refractivity contribution in [2.24, 2.45) is 0 Å². The zero-order chi connectivity index (χ0) is 19.3. The second-order valence-electron chi connectivity index (χ2n) is 6.10. The van der Waals surface area contributed by atoms with E-state index in [0.29, 0.717) is 0 Å². The molecule has 1 heterocycles. The van der Waals surface area contributed by atoms with Crippen LogP contribution in [0.25, 0.3) is 0 Å². The van der Waals surface area contributed by atoms with E-state index in [0.717, 1.165) is 12.1 Å². The molecule has 1 aliphatic rings. The second-order valence-corrected chi connectivity index (χ2v) is 6.10. The molecule has 1 aromatic carbocycles. The maximum absolute atomic E-state index is 12.3. The van der Waals surface area contributed by atoms with Crippen LogP contribution >= 0.6 is 0 Å². The smallest absolute Gasteiger partial charge is 0.346 e. The number of carbonyl (C=O) groups excluding carboxylic acids is 2. The Kier molecular flexibility index (Phi) is 6.59. The molecule has 0 saturated heterocycles. The molecule has 0 spiro atoms. The van der Waals surface area contributed by atoms with Crippen LogP contribution in [0.2, 0.25) is 0 Å². The molecule has 1 aromatic rings. The van der Waals surface area contributed by atoms with Gasteiger partial charge in [0.15, 0.2) is 5.78 Å². The normalized spacial score (nSPS) is 26.7. The highest BCUT2D eigenvalue weighted by Crippen LogP contribution is 2.34. The third-order valence-electron chi connectivity index (χ3n) is 3.89. The van der Waals surface area contributed by atoms with Gasteiger partial charge in [0.25, 0.3) is 0 Å². The molecule has 0 aromatic heterocycles. The number of phenolic OH excluding ortho intramolecular Hbond substituents is 2. The average molecular weight is 366 g/mol. The van der Waals surface area contributed by atoms with Gasteiger partial charge in [0, 0.05) is 18.6 Å². The number of rotatable bonds is 0. The van der Waals surface area contributed by atoms with Crippen LogP contribution in [-0.2, 0) is 9.53 Å². The lowest BCUT2D eigenvalue weighted by Crippen LogP contribution is -2.33. The van der Waals surface area contributed by atoms with Crippen molar-refractivity contribution >= 4 is 11.8 Å². The molecule has 0 fully saturated rings. The molecule has 0 radical (unpaired) electrons. The molecule has 3 atom stereocenters. The first-order chi connectivity index (χ1) is 12.3. The molecule has 0 aliphatic carbocycles. The van der Waals surface area contributed by atoms with Crippen molar-refractivity contribution in [3.05, 3.63) is 29.8 Å². The lowest BCUT2D eigenvalue weighted by atomic mass is 10.0. The summed E-state index contributed by atoms with van der Waals surface area (Å²) in [5, 5.41) is 39.3. The Balaban J connectivity index is 2.29. The standard InChI is InChI=1S/C18H22O8/c1-10-4-2-5-12(20)17(23)13(21)6-3-7-25-15-9-11(19)8-14(22)16(15)18(24)26-10/h2,5,8-10,13,17,19,21-23H,3-4,6-7H2,1H3/b5-2-/t10-,13-,17+/m0/s1. The van der Waals surface area contributed by atoms with Gasteiger partial charge in [0.05, 0.1) is 12.7 Å². The van der Waals surface area contributed by atoms with Crippen molar-refractivity contribution in [3.63, 3.8) is 0 Å². The van der Waals surface area contributed by atoms with Gasteiger partial charge in [-0.15, -0.1) is 0 Å². The quantitative estimate of drug-likeness (QED) is 0.501. The van der Waals surface area contributed by atoms with E-state index < -0.39 is 35.8 Å². The van der Waals surface area contributed by atoms with Crippen molar-refractivity contribution in [2.75, 3.05) is 6.61 Å². The molecule has 8 nitrogen and oxygen atoms in total. The minimum atomic E-state index is -1.55. The fourth-order valence-corrected chi connectivity index (χ4v) is 2.49. The van der Waals surface area contributed by atoms with E-state index in [2.05, 4.69) is 0 Å². The van der Waals surface area contributed by atoms with E-state index in [9.17, 15) is 30.0 Å². The molecule has 142 valence electrons. The average Bonchev–Trinajstić information content (AvgIpc) is 2.56. The number of aliphatic hydroxyl groups excluding tert-OH is 2. The third kappa shape index (κ3) is 4.96. The Bertz CT molecular complexity index is 697. The second kappa shape index (κ2) is 8.68. The number of aromatic hydroxyl groups is 2. The Labute approximate surface area is 150 Å². The van der Waals surface area contributed by atoms with Crippen LogP contribution in [0.1, 0.15) is 36.5 Å². The number of benzene rings is 1. The Hall–Kier alpha value is -2.58. The number of hydrogen-bond acceptors (Lipinski definition) is 8. The van der Waals surface area contributed by atoms with Gasteiger partial charge in [-0.05, 0) is 25.8 Å². The summed E-state index contributed by atoms with van der Waals surface area (Å²) in [4.78, 5) is 24.1. The van der Waals surface area contributed by atoms with E-state index >= 15 is 0 Å². The van der Waals surface area contributed by atoms with Crippen LogP contribution < -0.4 is 4.74 Å². The number of phenols is 2. The van der Waals surface area contributed by atoms with E-state index in [-0.39, 0.29) is 42.9 Å². The van der Waals surface area contributed by atoms with Gasteiger partial charge in [-0.3, -0.25) is 4.79 Å². The van der Waals surface area contributed by atoms with Gasteiger partial charge in [0.1, 0.15) is 35.0 Å². The summed E-state index contributed by atoms with van der Waals surface area (Å²) < 4.78 is 10.6. The fraction of sp³-hybridized carbons (Fsp3) is 0.444. The zero-order valence-corrected chi connectivity index (χ0v) is 14.3. The van der Waals surface area contributed by atoms with Gasteiger partial charge in [-0.1, -0.05) is 6.08 Å². The lowest BCUT2D eigenvalue weighted by molar-refractivity contribution is -0.128. The summed E-state index contributed by atoms with van der Waals surface area (Å²) in [6.07, 6.45) is -0.322. The molecular formula is C18H22O8. The van der Waals surface area contributed by atoms with Crippen LogP contribution in [0.15, 0.2) is 24.3 Å². The van der Waals surface area contributed by atoms with Crippen LogP contribution in [0, 0.1) is 0 Å². The Morgan fingerprint density at radius 3 is 2.62 bits per heavy atom. The van der Waals surface area contributed by atoms with E-state index in [1.54, 1.807) is 6.92 Å². The Morgan fingerprint density at radius 2 is 1.88 bits per heavy atom. The van der Waals surface area contributed by atoms with Crippen molar-refractivity contribution in [3.8, 4) is 17.2 Å². The van der Waals surface area contributed by atoms with E-state index in [1.165, 1.54) is 12.1 Å². The SMILES string of the molecule is C[C@H]1C/C=C\C(=O)[C@@H](O)[C@@H](O)CCCOc2cc(O)cc(O)c2C(=O)O1. The number of cyclic esters (lactones) is 1. The maximum Gasteiger partial charge on any atom is 0.346 e. The minimum absolute atomic E-state index is 0.0204. The van der Waals surface area contributed by atoms with Crippen molar-refractivity contribution in [1.82, 2.24) is 0 Å². The number of ketones is 1. The van der Waals surface area contributed by atoms with Crippen LogP contribution in [-0.4, -0.2) is 57.1 Å². The van der Waals surface area contributed by atoms with Crippen LogP contribution in [0.3, 0.4) is 0 Å². The lowest BCUT2D eigenvalue weighted by Gasteiger charge is -2.16. The first-order valence-corrected chi connectivity index (χ1v) is 8.26. The van der Waals surface area contributed by atoms with Gasteiger partial charge in [0.2, 0.25) is 0 Å². The molecule has 4 N–H and O–H groups in total. The molecule has 0 amide bonds. The van der Waals surface area contributed by atoms with Gasteiger partial charge in [-0.2, -0.15) is 0 Å². The van der Waals surface area contributed by atoms with Crippen LogP contribution in [0.5, 0.6) is 17.2 Å².